The topological polar surface area (TPSA) is 27.7 Å². The first-order valence-electron chi connectivity index (χ1n) is 7.00. The van der Waals surface area contributed by atoms with E-state index in [0.29, 0.717) is 12.1 Å². The van der Waals surface area contributed by atoms with Crippen molar-refractivity contribution in [1.29, 1.82) is 0 Å². The second-order valence-corrected chi connectivity index (χ2v) is 5.49. The van der Waals surface area contributed by atoms with Gasteiger partial charge in [0.15, 0.2) is 0 Å². The lowest BCUT2D eigenvalue weighted by molar-refractivity contribution is 0.0152. The highest BCUT2D eigenvalue weighted by molar-refractivity contribution is 4.77. The molecule has 0 aromatic rings. The maximum absolute atomic E-state index is 5.76. The van der Waals surface area contributed by atoms with Crippen LogP contribution >= 0.6 is 0 Å². The Kier molecular flexibility index (Phi) is 5.22. The average molecular weight is 241 g/mol. The second-order valence-electron chi connectivity index (χ2n) is 5.49. The number of hydrogen-bond donors (Lipinski definition) is 1. The Bertz CT molecular complexity index is 219. The predicted octanol–water partition coefficient (Wildman–Crippen LogP) is 0.391. The molecular formula is C13H27N3O. The molecule has 17 heavy (non-hydrogen) atoms. The standard InChI is InChI=1S/C13H27N3O/c1-12-11-15(2)6-3-7-16(12)8-4-13-10-14-5-9-17-13/h12-14H,3-11H2,1-2H3. The molecule has 2 aliphatic rings. The zero-order chi connectivity index (χ0) is 12.1. The van der Waals surface area contributed by atoms with E-state index in [4.69, 9.17) is 4.74 Å². The minimum absolute atomic E-state index is 0.428. The summed E-state index contributed by atoms with van der Waals surface area (Å²) in [4.78, 5) is 5.07. The van der Waals surface area contributed by atoms with Gasteiger partial charge in [-0.3, -0.25) is 4.90 Å². The minimum atomic E-state index is 0.428. The van der Waals surface area contributed by atoms with Crippen molar-refractivity contribution >= 4 is 0 Å². The quantitative estimate of drug-likeness (QED) is 0.774. The lowest BCUT2D eigenvalue weighted by atomic mass is 10.2. The van der Waals surface area contributed by atoms with Crippen molar-refractivity contribution in [3.05, 3.63) is 0 Å². The van der Waals surface area contributed by atoms with Crippen molar-refractivity contribution in [2.75, 3.05) is 52.9 Å². The maximum Gasteiger partial charge on any atom is 0.0712 e. The number of rotatable bonds is 3. The molecule has 2 rings (SSSR count). The first-order chi connectivity index (χ1) is 8.25. The number of morpholine rings is 1. The molecule has 0 spiro atoms. The first-order valence-corrected chi connectivity index (χ1v) is 7.00. The van der Waals surface area contributed by atoms with Crippen LogP contribution in [0.4, 0.5) is 0 Å². The van der Waals surface area contributed by atoms with Crippen LogP contribution in [0.2, 0.25) is 0 Å². The molecule has 0 radical (unpaired) electrons. The summed E-state index contributed by atoms with van der Waals surface area (Å²) in [5.74, 6) is 0. The fourth-order valence-corrected chi connectivity index (χ4v) is 2.87. The van der Waals surface area contributed by atoms with E-state index in [0.717, 1.165) is 19.7 Å². The van der Waals surface area contributed by atoms with Gasteiger partial charge < -0.3 is 15.0 Å². The molecule has 2 heterocycles. The summed E-state index contributed by atoms with van der Waals surface area (Å²) in [5, 5.41) is 3.40. The van der Waals surface area contributed by atoms with Gasteiger partial charge in [-0.2, -0.15) is 0 Å². The fraction of sp³-hybridized carbons (Fsp3) is 1.00. The third-order valence-electron chi connectivity index (χ3n) is 3.93. The molecule has 2 atom stereocenters. The zero-order valence-electron chi connectivity index (χ0n) is 11.3. The van der Waals surface area contributed by atoms with Crippen LogP contribution in [0.5, 0.6) is 0 Å². The second kappa shape index (κ2) is 6.69. The van der Waals surface area contributed by atoms with E-state index in [1.807, 2.05) is 0 Å². The van der Waals surface area contributed by atoms with Crippen LogP contribution in [0.25, 0.3) is 0 Å². The summed E-state index contributed by atoms with van der Waals surface area (Å²) in [5.41, 5.74) is 0. The summed E-state index contributed by atoms with van der Waals surface area (Å²) in [6, 6.07) is 0.680. The van der Waals surface area contributed by atoms with E-state index in [-0.39, 0.29) is 0 Å². The minimum Gasteiger partial charge on any atom is -0.376 e. The van der Waals surface area contributed by atoms with Gasteiger partial charge in [0.2, 0.25) is 0 Å². The molecule has 0 aliphatic carbocycles. The Labute approximate surface area is 105 Å². The average Bonchev–Trinajstić information content (AvgIpc) is 2.49. The molecule has 4 nitrogen and oxygen atoms in total. The van der Waals surface area contributed by atoms with Gasteiger partial charge in [-0.15, -0.1) is 0 Å². The van der Waals surface area contributed by atoms with Crippen LogP contribution in [-0.4, -0.2) is 74.9 Å². The van der Waals surface area contributed by atoms with Gasteiger partial charge in [0.1, 0.15) is 0 Å². The van der Waals surface area contributed by atoms with Crippen molar-refractivity contribution < 1.29 is 4.74 Å². The van der Waals surface area contributed by atoms with Gasteiger partial charge in [-0.05, 0) is 39.9 Å². The molecule has 0 aromatic heterocycles. The van der Waals surface area contributed by atoms with Gasteiger partial charge in [0.05, 0.1) is 12.7 Å². The highest BCUT2D eigenvalue weighted by Gasteiger charge is 2.21. The molecular weight excluding hydrogens is 214 g/mol. The van der Waals surface area contributed by atoms with E-state index in [9.17, 15) is 0 Å². The first kappa shape index (κ1) is 13.3. The summed E-state index contributed by atoms with van der Waals surface area (Å²) >= 11 is 0. The molecule has 0 amide bonds. The van der Waals surface area contributed by atoms with Crippen molar-refractivity contribution in [3.8, 4) is 0 Å². The van der Waals surface area contributed by atoms with Crippen LogP contribution in [-0.2, 0) is 4.74 Å². The highest BCUT2D eigenvalue weighted by atomic mass is 16.5. The van der Waals surface area contributed by atoms with E-state index in [1.165, 1.54) is 39.0 Å². The molecule has 0 bridgehead atoms. The van der Waals surface area contributed by atoms with Crippen LogP contribution in [0.1, 0.15) is 19.8 Å². The Morgan fingerprint density at radius 2 is 2.24 bits per heavy atom. The molecule has 2 fully saturated rings. The van der Waals surface area contributed by atoms with Crippen molar-refractivity contribution in [2.24, 2.45) is 0 Å². The van der Waals surface area contributed by atoms with Gasteiger partial charge in [0, 0.05) is 32.2 Å². The van der Waals surface area contributed by atoms with Gasteiger partial charge in [-0.1, -0.05) is 0 Å². The molecule has 1 N–H and O–H groups in total. The SMILES string of the molecule is CC1CN(C)CCCN1CCC1CNCCO1. The van der Waals surface area contributed by atoms with E-state index >= 15 is 0 Å². The molecule has 2 unspecified atom stereocenters. The van der Waals surface area contributed by atoms with Crippen molar-refractivity contribution in [1.82, 2.24) is 15.1 Å². The van der Waals surface area contributed by atoms with Crippen LogP contribution in [0.15, 0.2) is 0 Å². The molecule has 0 aromatic carbocycles. The summed E-state index contributed by atoms with van der Waals surface area (Å²) in [7, 11) is 2.23. The zero-order valence-corrected chi connectivity index (χ0v) is 11.3. The summed E-state index contributed by atoms with van der Waals surface area (Å²) in [6.07, 6.45) is 2.89. The van der Waals surface area contributed by atoms with Crippen LogP contribution < -0.4 is 5.32 Å². The maximum atomic E-state index is 5.76. The van der Waals surface area contributed by atoms with E-state index < -0.39 is 0 Å². The smallest absolute Gasteiger partial charge is 0.0712 e. The third kappa shape index (κ3) is 4.21. The van der Waals surface area contributed by atoms with Gasteiger partial charge >= 0.3 is 0 Å². The van der Waals surface area contributed by atoms with Crippen molar-refractivity contribution in [3.63, 3.8) is 0 Å². The number of ether oxygens (including phenoxy) is 1. The fourth-order valence-electron chi connectivity index (χ4n) is 2.87. The Morgan fingerprint density at radius 3 is 3.00 bits per heavy atom. The summed E-state index contributed by atoms with van der Waals surface area (Å²) < 4.78 is 5.76. The van der Waals surface area contributed by atoms with Crippen molar-refractivity contribution in [2.45, 2.75) is 31.9 Å². The molecule has 2 aliphatic heterocycles. The largest absolute Gasteiger partial charge is 0.376 e. The Morgan fingerprint density at radius 1 is 1.35 bits per heavy atom. The highest BCUT2D eigenvalue weighted by Crippen LogP contribution is 2.11. The number of nitrogens with zero attached hydrogens (tertiary/aromatic N) is 2. The number of likely N-dealkylation sites (N-methyl/N-ethyl adjacent to an activating group) is 1. The van der Waals surface area contributed by atoms with Crippen LogP contribution in [0, 0.1) is 0 Å². The normalized spacial score (nSPS) is 33.5. The lowest BCUT2D eigenvalue weighted by Crippen LogP contribution is -2.43. The van der Waals surface area contributed by atoms with E-state index in [1.54, 1.807) is 0 Å². The number of nitrogens with one attached hydrogen (secondary N) is 1. The predicted molar refractivity (Wildman–Crippen MR) is 70.4 cm³/mol. The summed E-state index contributed by atoms with van der Waals surface area (Å²) in [6.45, 7) is 10.1. The van der Waals surface area contributed by atoms with Gasteiger partial charge in [-0.25, -0.2) is 0 Å². The molecule has 100 valence electrons. The Balaban J connectivity index is 1.73. The molecule has 2 saturated heterocycles. The third-order valence-corrected chi connectivity index (χ3v) is 3.93. The molecule has 4 heteroatoms. The van der Waals surface area contributed by atoms with E-state index in [2.05, 4.69) is 29.1 Å². The monoisotopic (exact) mass is 241 g/mol. The molecule has 0 saturated carbocycles. The van der Waals surface area contributed by atoms with Crippen LogP contribution in [0.3, 0.4) is 0 Å². The lowest BCUT2D eigenvalue weighted by Gasteiger charge is -2.30. The Hall–Kier alpha value is -0.160. The number of hydrogen-bond acceptors (Lipinski definition) is 4. The van der Waals surface area contributed by atoms with Gasteiger partial charge in [0.25, 0.3) is 0 Å².